The van der Waals surface area contributed by atoms with Gasteiger partial charge in [-0.3, -0.25) is 0 Å². The largest absolute Gasteiger partial charge is 0.233 e. The van der Waals surface area contributed by atoms with Gasteiger partial charge in [0.25, 0.3) is 0 Å². The fourth-order valence-electron chi connectivity index (χ4n) is 3.33. The summed E-state index contributed by atoms with van der Waals surface area (Å²) in [5.74, 6) is 0. The summed E-state index contributed by atoms with van der Waals surface area (Å²) in [6, 6.07) is 17.3. The molecule has 0 saturated heterocycles. The van der Waals surface area contributed by atoms with Gasteiger partial charge in [-0.1, -0.05) is 48.5 Å². The fraction of sp³-hybridized carbons (Fsp3) is 0.222. The molecule has 1 radical (unpaired) electrons. The summed E-state index contributed by atoms with van der Waals surface area (Å²) in [4.78, 5) is 0. The molecule has 0 bridgehead atoms. The van der Waals surface area contributed by atoms with Gasteiger partial charge in [-0.2, -0.15) is 0 Å². The second-order valence-corrected chi connectivity index (χ2v) is 5.45. The highest BCUT2D eigenvalue weighted by atomic mass is 16.3. The van der Waals surface area contributed by atoms with Crippen molar-refractivity contribution in [3.63, 3.8) is 0 Å². The monoisotopic (exact) mass is 247 g/mol. The molecule has 1 atom stereocenters. The van der Waals surface area contributed by atoms with Crippen molar-refractivity contribution < 1.29 is 5.11 Å². The second-order valence-electron chi connectivity index (χ2n) is 5.45. The third-order valence-corrected chi connectivity index (χ3v) is 4.30. The molecule has 4 rings (SSSR count). The molecule has 0 aromatic heterocycles. The molecule has 3 aromatic carbocycles. The minimum absolute atomic E-state index is 0.412. The SMILES string of the molecule is [O]C1CCc2c(ccc3c2ccc2ccccc23)C1. The summed E-state index contributed by atoms with van der Waals surface area (Å²) < 4.78 is 0. The molecule has 1 aliphatic rings. The van der Waals surface area contributed by atoms with Crippen LogP contribution in [0.3, 0.4) is 0 Å². The van der Waals surface area contributed by atoms with Gasteiger partial charge >= 0.3 is 0 Å². The Morgan fingerprint density at radius 3 is 2.63 bits per heavy atom. The molecule has 3 aromatic rings. The van der Waals surface area contributed by atoms with Crippen molar-refractivity contribution >= 4 is 21.5 Å². The number of hydrogen-bond acceptors (Lipinski definition) is 0. The summed E-state index contributed by atoms with van der Waals surface area (Å²) in [7, 11) is 0. The van der Waals surface area contributed by atoms with E-state index in [2.05, 4.69) is 48.5 Å². The number of hydrogen-bond donors (Lipinski definition) is 0. The maximum atomic E-state index is 11.7. The van der Waals surface area contributed by atoms with Crippen LogP contribution in [0, 0.1) is 0 Å². The number of aryl methyl sites for hydroxylation is 1. The number of benzene rings is 3. The summed E-state index contributed by atoms with van der Waals surface area (Å²) in [6.45, 7) is 0. The van der Waals surface area contributed by atoms with Crippen LogP contribution in [0.4, 0.5) is 0 Å². The van der Waals surface area contributed by atoms with Gasteiger partial charge in [-0.05, 0) is 45.5 Å². The Labute approximate surface area is 112 Å². The van der Waals surface area contributed by atoms with Crippen LogP contribution in [-0.4, -0.2) is 6.10 Å². The lowest BCUT2D eigenvalue weighted by atomic mass is 9.85. The molecular formula is C18H15O. The Kier molecular flexibility index (Phi) is 2.36. The molecule has 0 heterocycles. The lowest BCUT2D eigenvalue weighted by Gasteiger charge is -2.21. The summed E-state index contributed by atoms with van der Waals surface area (Å²) in [6.07, 6.45) is 1.99. The average molecular weight is 247 g/mol. The standard InChI is InChI=1S/C18H15O/c19-14-7-10-16-13(11-14)6-9-17-15-4-2-1-3-12(15)5-8-18(16)17/h1-6,8-9,14H,7,10-11H2. The predicted octanol–water partition coefficient (Wildman–Crippen LogP) is 4.28. The third kappa shape index (κ3) is 1.66. The van der Waals surface area contributed by atoms with Crippen LogP contribution in [0.25, 0.3) is 21.5 Å². The third-order valence-electron chi connectivity index (χ3n) is 4.30. The Hall–Kier alpha value is -1.86. The molecule has 0 amide bonds. The van der Waals surface area contributed by atoms with E-state index in [0.717, 1.165) is 12.8 Å². The van der Waals surface area contributed by atoms with Gasteiger partial charge in [0.15, 0.2) is 0 Å². The van der Waals surface area contributed by atoms with Crippen LogP contribution < -0.4 is 0 Å². The van der Waals surface area contributed by atoms with Crippen molar-refractivity contribution in [2.24, 2.45) is 0 Å². The number of rotatable bonds is 0. The van der Waals surface area contributed by atoms with Crippen LogP contribution in [0.1, 0.15) is 17.5 Å². The zero-order chi connectivity index (χ0) is 12.8. The minimum atomic E-state index is -0.412. The van der Waals surface area contributed by atoms with E-state index >= 15 is 0 Å². The van der Waals surface area contributed by atoms with Crippen molar-refractivity contribution in [3.8, 4) is 0 Å². The highest BCUT2D eigenvalue weighted by Gasteiger charge is 2.19. The fourth-order valence-corrected chi connectivity index (χ4v) is 3.33. The van der Waals surface area contributed by atoms with Gasteiger partial charge < -0.3 is 0 Å². The van der Waals surface area contributed by atoms with Crippen LogP contribution >= 0.6 is 0 Å². The van der Waals surface area contributed by atoms with Gasteiger partial charge in [0.2, 0.25) is 0 Å². The van der Waals surface area contributed by atoms with Crippen molar-refractivity contribution in [2.75, 3.05) is 0 Å². The molecule has 1 heteroatoms. The van der Waals surface area contributed by atoms with E-state index in [1.165, 1.54) is 32.7 Å². The smallest absolute Gasteiger partial charge is 0.0973 e. The summed E-state index contributed by atoms with van der Waals surface area (Å²) >= 11 is 0. The maximum Gasteiger partial charge on any atom is 0.0973 e. The van der Waals surface area contributed by atoms with Gasteiger partial charge in [0, 0.05) is 6.42 Å². The highest BCUT2D eigenvalue weighted by molar-refractivity contribution is 6.08. The van der Waals surface area contributed by atoms with Crippen LogP contribution in [-0.2, 0) is 17.9 Å². The lowest BCUT2D eigenvalue weighted by Crippen LogP contribution is -2.17. The van der Waals surface area contributed by atoms with Gasteiger partial charge in [0.1, 0.15) is 0 Å². The van der Waals surface area contributed by atoms with Crippen LogP contribution in [0.15, 0.2) is 48.5 Å². The molecule has 19 heavy (non-hydrogen) atoms. The Bertz CT molecular complexity index is 773. The van der Waals surface area contributed by atoms with Crippen LogP contribution in [0.5, 0.6) is 0 Å². The molecule has 0 N–H and O–H groups in total. The molecule has 93 valence electrons. The van der Waals surface area contributed by atoms with Crippen molar-refractivity contribution in [2.45, 2.75) is 25.4 Å². The molecule has 0 aliphatic heterocycles. The van der Waals surface area contributed by atoms with Crippen molar-refractivity contribution in [1.29, 1.82) is 0 Å². The molecule has 1 unspecified atom stereocenters. The first-order valence-electron chi connectivity index (χ1n) is 6.91. The summed E-state index contributed by atoms with van der Waals surface area (Å²) in [5.41, 5.74) is 2.66. The average Bonchev–Trinajstić information content (AvgIpc) is 2.46. The molecule has 0 spiro atoms. The zero-order valence-corrected chi connectivity index (χ0v) is 10.7. The first kappa shape index (κ1) is 11.0. The van der Waals surface area contributed by atoms with Gasteiger partial charge in [0.05, 0.1) is 6.10 Å². The maximum absolute atomic E-state index is 11.7. The normalized spacial score (nSPS) is 18.7. The topological polar surface area (TPSA) is 19.9 Å². The molecule has 1 nitrogen and oxygen atoms in total. The predicted molar refractivity (Wildman–Crippen MR) is 78.0 cm³/mol. The van der Waals surface area contributed by atoms with E-state index in [1.54, 1.807) is 0 Å². The van der Waals surface area contributed by atoms with Crippen molar-refractivity contribution in [1.82, 2.24) is 0 Å². The molecular weight excluding hydrogens is 232 g/mol. The quantitative estimate of drug-likeness (QED) is 0.528. The van der Waals surface area contributed by atoms with E-state index < -0.39 is 6.10 Å². The highest BCUT2D eigenvalue weighted by Crippen LogP contribution is 2.33. The van der Waals surface area contributed by atoms with Gasteiger partial charge in [-0.15, -0.1) is 0 Å². The van der Waals surface area contributed by atoms with Gasteiger partial charge in [-0.25, -0.2) is 5.11 Å². The van der Waals surface area contributed by atoms with E-state index in [9.17, 15) is 5.11 Å². The van der Waals surface area contributed by atoms with Crippen LogP contribution in [0.2, 0.25) is 0 Å². The van der Waals surface area contributed by atoms with E-state index in [-0.39, 0.29) is 0 Å². The summed E-state index contributed by atoms with van der Waals surface area (Å²) in [5, 5.41) is 16.9. The zero-order valence-electron chi connectivity index (χ0n) is 10.7. The Morgan fingerprint density at radius 2 is 1.68 bits per heavy atom. The molecule has 1 aliphatic carbocycles. The Morgan fingerprint density at radius 1 is 0.842 bits per heavy atom. The first-order valence-corrected chi connectivity index (χ1v) is 6.91. The van der Waals surface area contributed by atoms with E-state index in [0.29, 0.717) is 6.42 Å². The van der Waals surface area contributed by atoms with Crippen molar-refractivity contribution in [3.05, 3.63) is 59.7 Å². The Balaban J connectivity index is 2.08. The lowest BCUT2D eigenvalue weighted by molar-refractivity contribution is 0.0772. The number of fused-ring (bicyclic) bond motifs is 5. The molecule has 0 fully saturated rings. The second kappa shape index (κ2) is 4.07. The first-order chi connectivity index (χ1) is 9.33. The molecule has 0 saturated carbocycles. The van der Waals surface area contributed by atoms with E-state index in [4.69, 9.17) is 0 Å². The van der Waals surface area contributed by atoms with E-state index in [1.807, 2.05) is 0 Å². The minimum Gasteiger partial charge on any atom is -0.233 e.